The van der Waals surface area contributed by atoms with Gasteiger partial charge in [-0.15, -0.1) is 0 Å². The molecule has 8 nitrogen and oxygen atoms in total. The van der Waals surface area contributed by atoms with Gasteiger partial charge in [0.15, 0.2) is 0 Å². The lowest BCUT2D eigenvalue weighted by molar-refractivity contribution is -0.137. The van der Waals surface area contributed by atoms with Crippen LogP contribution in [0.4, 0.5) is 13.2 Å². The molecule has 0 aliphatic carbocycles. The number of alkyl halides is 3. The van der Waals surface area contributed by atoms with E-state index in [1.54, 1.807) is 20.9 Å². The largest absolute Gasteiger partial charge is 0.492 e. The molecule has 3 rings (SSSR count). The first kappa shape index (κ1) is 25.0. The number of hydrogen-bond donors (Lipinski definition) is 1. The normalized spacial score (nSPS) is 11.6. The second-order valence-corrected chi connectivity index (χ2v) is 7.93. The number of pyridine rings is 1. The molecular formula is C23H25F3N4O4. The lowest BCUT2D eigenvalue weighted by Crippen LogP contribution is -2.38. The third-order valence-electron chi connectivity index (χ3n) is 5.63. The summed E-state index contributed by atoms with van der Waals surface area (Å²) in [6.07, 6.45) is -4.02. The second-order valence-electron chi connectivity index (χ2n) is 7.93. The first-order valence-corrected chi connectivity index (χ1v) is 10.5. The van der Waals surface area contributed by atoms with Gasteiger partial charge >= 0.3 is 11.9 Å². The van der Waals surface area contributed by atoms with Gasteiger partial charge in [-0.25, -0.2) is 9.78 Å². The van der Waals surface area contributed by atoms with E-state index >= 15 is 0 Å². The van der Waals surface area contributed by atoms with Gasteiger partial charge in [-0.2, -0.15) is 13.2 Å². The van der Waals surface area contributed by atoms with Crippen molar-refractivity contribution in [2.45, 2.75) is 32.9 Å². The minimum atomic E-state index is -4.46. The number of nitrogens with zero attached hydrogens (tertiary/aromatic N) is 3. The van der Waals surface area contributed by atoms with Crippen molar-refractivity contribution in [3.05, 3.63) is 67.5 Å². The van der Waals surface area contributed by atoms with E-state index in [4.69, 9.17) is 4.74 Å². The van der Waals surface area contributed by atoms with Crippen LogP contribution in [-0.2, 0) is 31.5 Å². The molecule has 1 aromatic carbocycles. The SMILES string of the molecule is Cc1nc2c(c(C)c1CCC(=O)NCCOc1cccc(C(F)(F)F)c1)c(=O)n(C)c(=O)n2C. The predicted molar refractivity (Wildman–Crippen MR) is 120 cm³/mol. The molecule has 3 aromatic rings. The van der Waals surface area contributed by atoms with E-state index in [-0.39, 0.29) is 31.2 Å². The Balaban J connectivity index is 1.62. The molecule has 0 unspecified atom stereocenters. The summed E-state index contributed by atoms with van der Waals surface area (Å²) in [5.74, 6) is -0.214. The smallest absolute Gasteiger partial charge is 0.416 e. The molecule has 0 fully saturated rings. The fraction of sp³-hybridized carbons (Fsp3) is 0.391. The number of carbonyl (C=O) groups is 1. The van der Waals surface area contributed by atoms with Crippen LogP contribution in [0.25, 0.3) is 11.0 Å². The van der Waals surface area contributed by atoms with Crippen LogP contribution in [0.5, 0.6) is 5.75 Å². The van der Waals surface area contributed by atoms with Crippen LogP contribution in [-0.4, -0.2) is 33.2 Å². The highest BCUT2D eigenvalue weighted by atomic mass is 19.4. The molecule has 11 heteroatoms. The second kappa shape index (κ2) is 9.70. The molecule has 0 aliphatic heterocycles. The third kappa shape index (κ3) is 5.13. The van der Waals surface area contributed by atoms with Crippen LogP contribution >= 0.6 is 0 Å². The van der Waals surface area contributed by atoms with Crippen LogP contribution in [0.1, 0.15) is 28.8 Å². The average molecular weight is 478 g/mol. The summed E-state index contributed by atoms with van der Waals surface area (Å²) in [6.45, 7) is 3.64. The number of nitrogens with one attached hydrogen (secondary N) is 1. The van der Waals surface area contributed by atoms with Gasteiger partial charge in [0.1, 0.15) is 18.0 Å². The first-order valence-electron chi connectivity index (χ1n) is 10.5. The number of ether oxygens (including phenoxy) is 1. The summed E-state index contributed by atoms with van der Waals surface area (Å²) in [4.78, 5) is 41.5. The van der Waals surface area contributed by atoms with E-state index in [0.717, 1.165) is 22.3 Å². The molecule has 2 heterocycles. The van der Waals surface area contributed by atoms with E-state index in [0.29, 0.717) is 28.7 Å². The van der Waals surface area contributed by atoms with Crippen LogP contribution in [0.15, 0.2) is 33.9 Å². The molecule has 0 aliphatic rings. The van der Waals surface area contributed by atoms with Crippen LogP contribution in [0.3, 0.4) is 0 Å². The van der Waals surface area contributed by atoms with Crippen molar-refractivity contribution < 1.29 is 22.7 Å². The highest BCUT2D eigenvalue weighted by molar-refractivity contribution is 5.80. The van der Waals surface area contributed by atoms with Crippen LogP contribution in [0.2, 0.25) is 0 Å². The van der Waals surface area contributed by atoms with Gasteiger partial charge in [-0.05, 0) is 49.6 Å². The van der Waals surface area contributed by atoms with Gasteiger partial charge in [0.2, 0.25) is 5.91 Å². The monoisotopic (exact) mass is 478 g/mol. The number of aryl methyl sites for hydroxylation is 3. The van der Waals surface area contributed by atoms with Gasteiger partial charge in [-0.3, -0.25) is 18.7 Å². The van der Waals surface area contributed by atoms with Gasteiger partial charge in [-0.1, -0.05) is 6.07 Å². The van der Waals surface area contributed by atoms with Crippen molar-refractivity contribution in [1.82, 2.24) is 19.4 Å². The molecule has 0 atom stereocenters. The average Bonchev–Trinajstić information content (AvgIpc) is 2.78. The van der Waals surface area contributed by atoms with Crippen molar-refractivity contribution in [3.63, 3.8) is 0 Å². The number of amides is 1. The Morgan fingerprint density at radius 3 is 2.53 bits per heavy atom. The molecule has 1 N–H and O–H groups in total. The van der Waals surface area contributed by atoms with E-state index in [1.807, 2.05) is 0 Å². The zero-order valence-corrected chi connectivity index (χ0v) is 19.2. The van der Waals surface area contributed by atoms with Gasteiger partial charge in [0.25, 0.3) is 5.56 Å². The molecule has 2 aromatic heterocycles. The summed E-state index contributed by atoms with van der Waals surface area (Å²) in [6, 6.07) is 4.52. The van der Waals surface area contributed by atoms with Gasteiger partial charge in [0.05, 0.1) is 17.5 Å². The number of hydrogen-bond acceptors (Lipinski definition) is 5. The molecule has 0 saturated heterocycles. The number of fused-ring (bicyclic) bond motifs is 1. The quantitative estimate of drug-likeness (QED) is 0.527. The van der Waals surface area contributed by atoms with E-state index < -0.39 is 23.0 Å². The molecule has 0 spiro atoms. The minimum Gasteiger partial charge on any atom is -0.492 e. The zero-order chi connectivity index (χ0) is 25.2. The number of halogens is 3. The van der Waals surface area contributed by atoms with Gasteiger partial charge in [0, 0.05) is 26.2 Å². The standard InChI is InChI=1S/C23H25F3N4O4/c1-13-17(14(2)28-20-19(13)21(32)30(4)22(33)29(20)3)8-9-18(31)27-10-11-34-16-7-5-6-15(12-16)23(24,25)26/h5-7,12H,8-11H2,1-4H3,(H,27,31). The summed E-state index contributed by atoms with van der Waals surface area (Å²) in [5.41, 5.74) is 0.609. The zero-order valence-electron chi connectivity index (χ0n) is 19.2. The Morgan fingerprint density at radius 1 is 1.15 bits per heavy atom. The van der Waals surface area contributed by atoms with Gasteiger partial charge < -0.3 is 10.1 Å². The Kier molecular flexibility index (Phi) is 7.13. The number of rotatable bonds is 7. The van der Waals surface area contributed by atoms with Crippen LogP contribution < -0.4 is 21.3 Å². The number of aromatic nitrogens is 3. The Labute approximate surface area is 193 Å². The topological polar surface area (TPSA) is 95.2 Å². The predicted octanol–water partition coefficient (Wildman–Crippen LogP) is 2.40. The maximum Gasteiger partial charge on any atom is 0.416 e. The number of benzene rings is 1. The summed E-state index contributed by atoms with van der Waals surface area (Å²) in [7, 11) is 2.95. The third-order valence-corrected chi connectivity index (χ3v) is 5.63. The van der Waals surface area contributed by atoms with Crippen molar-refractivity contribution >= 4 is 16.9 Å². The fourth-order valence-corrected chi connectivity index (χ4v) is 3.76. The van der Waals surface area contributed by atoms with E-state index in [1.165, 1.54) is 23.7 Å². The Hall–Kier alpha value is -3.63. The lowest BCUT2D eigenvalue weighted by Gasteiger charge is -2.15. The van der Waals surface area contributed by atoms with Crippen molar-refractivity contribution in [2.24, 2.45) is 14.1 Å². The van der Waals surface area contributed by atoms with Crippen molar-refractivity contribution in [2.75, 3.05) is 13.2 Å². The molecule has 0 saturated carbocycles. The number of carbonyl (C=O) groups excluding carboxylic acids is 1. The fourth-order valence-electron chi connectivity index (χ4n) is 3.76. The summed E-state index contributed by atoms with van der Waals surface area (Å²) < 4.78 is 45.9. The molecule has 182 valence electrons. The molecule has 34 heavy (non-hydrogen) atoms. The maximum atomic E-state index is 12.8. The summed E-state index contributed by atoms with van der Waals surface area (Å²) in [5, 5.41) is 3.00. The summed E-state index contributed by atoms with van der Waals surface area (Å²) >= 11 is 0. The first-order chi connectivity index (χ1) is 15.9. The van der Waals surface area contributed by atoms with Crippen LogP contribution in [0, 0.1) is 13.8 Å². The highest BCUT2D eigenvalue weighted by Gasteiger charge is 2.30. The highest BCUT2D eigenvalue weighted by Crippen LogP contribution is 2.31. The molecule has 0 radical (unpaired) electrons. The lowest BCUT2D eigenvalue weighted by atomic mass is 10.00. The molecular weight excluding hydrogens is 453 g/mol. The molecule has 1 amide bonds. The van der Waals surface area contributed by atoms with Crippen molar-refractivity contribution in [1.29, 1.82) is 0 Å². The van der Waals surface area contributed by atoms with E-state index in [2.05, 4.69) is 10.3 Å². The Bertz CT molecular complexity index is 1360. The van der Waals surface area contributed by atoms with Crippen molar-refractivity contribution in [3.8, 4) is 5.75 Å². The Morgan fingerprint density at radius 2 is 1.85 bits per heavy atom. The minimum absolute atomic E-state index is 0.00665. The maximum absolute atomic E-state index is 12.8. The molecule has 0 bridgehead atoms. The van der Waals surface area contributed by atoms with E-state index in [9.17, 15) is 27.6 Å².